The van der Waals surface area contributed by atoms with Crippen LogP contribution in [0.2, 0.25) is 0 Å². The minimum absolute atomic E-state index is 0.0760. The van der Waals surface area contributed by atoms with Gasteiger partial charge in [0.05, 0.1) is 5.69 Å². The minimum atomic E-state index is 0.0760. The standard InChI is InChI=1S/C20H19N3O2/c24-17-7-6-15(19(25)10-17)12-23-9-8-18-16(13-23)11-21-20(22-18)14-4-2-1-3-5-14/h1-7,10-11,24-25H,8-9,12-13H2. The molecule has 5 heteroatoms. The molecule has 4 rings (SSSR count). The van der Waals surface area contributed by atoms with Gasteiger partial charge in [-0.15, -0.1) is 0 Å². The molecular formula is C20H19N3O2. The quantitative estimate of drug-likeness (QED) is 0.771. The molecule has 0 aliphatic carbocycles. The van der Waals surface area contributed by atoms with Gasteiger partial charge in [-0.25, -0.2) is 9.97 Å². The van der Waals surface area contributed by atoms with Gasteiger partial charge in [0.1, 0.15) is 11.5 Å². The molecule has 0 amide bonds. The van der Waals surface area contributed by atoms with Crippen LogP contribution < -0.4 is 0 Å². The second-order valence-electron chi connectivity index (χ2n) is 6.31. The normalized spacial score (nSPS) is 14.2. The maximum Gasteiger partial charge on any atom is 0.159 e. The monoisotopic (exact) mass is 333 g/mol. The summed E-state index contributed by atoms with van der Waals surface area (Å²) in [6.45, 7) is 2.26. The van der Waals surface area contributed by atoms with Gasteiger partial charge in [0.15, 0.2) is 5.82 Å². The number of rotatable bonds is 3. The summed E-state index contributed by atoms with van der Waals surface area (Å²) >= 11 is 0. The van der Waals surface area contributed by atoms with Crippen molar-refractivity contribution in [2.75, 3.05) is 6.54 Å². The second kappa shape index (κ2) is 6.53. The molecule has 0 radical (unpaired) electrons. The molecule has 5 nitrogen and oxygen atoms in total. The minimum Gasteiger partial charge on any atom is -0.508 e. The number of hydrogen-bond acceptors (Lipinski definition) is 5. The molecule has 25 heavy (non-hydrogen) atoms. The molecule has 0 spiro atoms. The summed E-state index contributed by atoms with van der Waals surface area (Å²) in [6.07, 6.45) is 2.77. The molecule has 0 saturated heterocycles. The molecule has 1 aliphatic heterocycles. The number of phenols is 2. The Kier molecular flexibility index (Phi) is 4.07. The van der Waals surface area contributed by atoms with Crippen molar-refractivity contribution in [1.82, 2.24) is 14.9 Å². The summed E-state index contributed by atoms with van der Waals surface area (Å²) in [7, 11) is 0. The average molecular weight is 333 g/mol. The van der Waals surface area contributed by atoms with Crippen LogP contribution in [0.4, 0.5) is 0 Å². The van der Waals surface area contributed by atoms with Gasteiger partial charge in [-0.1, -0.05) is 36.4 Å². The number of nitrogens with zero attached hydrogens (tertiary/aromatic N) is 3. The Labute approximate surface area is 146 Å². The van der Waals surface area contributed by atoms with Crippen molar-refractivity contribution >= 4 is 0 Å². The van der Waals surface area contributed by atoms with Crippen molar-refractivity contribution in [2.45, 2.75) is 19.5 Å². The SMILES string of the molecule is Oc1ccc(CN2CCc3nc(-c4ccccc4)ncc3C2)c(O)c1. The maximum absolute atomic E-state index is 9.97. The number of aromatic hydroxyl groups is 2. The van der Waals surface area contributed by atoms with E-state index in [0.29, 0.717) is 6.54 Å². The molecule has 0 bridgehead atoms. The third kappa shape index (κ3) is 3.32. The molecule has 0 fully saturated rings. The Morgan fingerprint density at radius 2 is 1.88 bits per heavy atom. The Morgan fingerprint density at radius 3 is 2.68 bits per heavy atom. The van der Waals surface area contributed by atoms with E-state index in [4.69, 9.17) is 4.98 Å². The number of phenolic OH excluding ortho intramolecular Hbond substituents is 2. The largest absolute Gasteiger partial charge is 0.508 e. The number of aromatic nitrogens is 2. The lowest BCUT2D eigenvalue weighted by molar-refractivity contribution is 0.239. The van der Waals surface area contributed by atoms with Crippen LogP contribution >= 0.6 is 0 Å². The zero-order chi connectivity index (χ0) is 17.2. The first kappa shape index (κ1) is 15.6. The van der Waals surface area contributed by atoms with Crippen LogP contribution in [0.25, 0.3) is 11.4 Å². The highest BCUT2D eigenvalue weighted by Crippen LogP contribution is 2.26. The maximum atomic E-state index is 9.97. The number of hydrogen-bond donors (Lipinski definition) is 2. The molecule has 0 saturated carbocycles. The van der Waals surface area contributed by atoms with E-state index in [9.17, 15) is 10.2 Å². The molecule has 2 aromatic carbocycles. The Hall–Kier alpha value is -2.92. The van der Waals surface area contributed by atoms with E-state index in [-0.39, 0.29) is 11.5 Å². The number of benzene rings is 2. The van der Waals surface area contributed by atoms with Crippen LogP contribution in [0.3, 0.4) is 0 Å². The van der Waals surface area contributed by atoms with Gasteiger partial charge in [-0.2, -0.15) is 0 Å². The van der Waals surface area contributed by atoms with Gasteiger partial charge in [-0.05, 0) is 6.07 Å². The van der Waals surface area contributed by atoms with E-state index in [1.165, 1.54) is 6.07 Å². The van der Waals surface area contributed by atoms with E-state index in [0.717, 1.165) is 47.7 Å². The fourth-order valence-corrected chi connectivity index (χ4v) is 3.16. The zero-order valence-electron chi connectivity index (χ0n) is 13.8. The van der Waals surface area contributed by atoms with Crippen molar-refractivity contribution in [2.24, 2.45) is 0 Å². The molecule has 2 N–H and O–H groups in total. The second-order valence-corrected chi connectivity index (χ2v) is 6.31. The average Bonchev–Trinajstić information content (AvgIpc) is 2.64. The summed E-state index contributed by atoms with van der Waals surface area (Å²) in [6, 6.07) is 14.7. The molecule has 0 atom stereocenters. The van der Waals surface area contributed by atoms with E-state index < -0.39 is 0 Å². The molecule has 0 unspecified atom stereocenters. The Morgan fingerprint density at radius 1 is 1.04 bits per heavy atom. The van der Waals surface area contributed by atoms with Crippen LogP contribution in [-0.4, -0.2) is 31.6 Å². The van der Waals surface area contributed by atoms with Crippen molar-refractivity contribution in [3.63, 3.8) is 0 Å². The lowest BCUT2D eigenvalue weighted by Crippen LogP contribution is -2.31. The summed E-state index contributed by atoms with van der Waals surface area (Å²) in [5.74, 6) is 0.970. The van der Waals surface area contributed by atoms with Gasteiger partial charge in [-0.3, -0.25) is 4.90 Å². The molecule has 1 aliphatic rings. The summed E-state index contributed by atoms with van der Waals surface area (Å²) in [5, 5.41) is 19.4. The smallest absolute Gasteiger partial charge is 0.159 e. The van der Waals surface area contributed by atoms with Gasteiger partial charge in [0.25, 0.3) is 0 Å². The first-order valence-electron chi connectivity index (χ1n) is 8.32. The van der Waals surface area contributed by atoms with Crippen LogP contribution in [0.1, 0.15) is 16.8 Å². The van der Waals surface area contributed by atoms with Crippen LogP contribution in [-0.2, 0) is 19.5 Å². The first-order chi connectivity index (χ1) is 12.2. The Bertz CT molecular complexity index is 897. The van der Waals surface area contributed by atoms with Crippen molar-refractivity contribution in [3.05, 3.63) is 71.5 Å². The van der Waals surface area contributed by atoms with Gasteiger partial charge < -0.3 is 10.2 Å². The fourth-order valence-electron chi connectivity index (χ4n) is 3.16. The first-order valence-corrected chi connectivity index (χ1v) is 8.32. The van der Waals surface area contributed by atoms with Gasteiger partial charge >= 0.3 is 0 Å². The van der Waals surface area contributed by atoms with E-state index in [2.05, 4.69) is 9.88 Å². The third-order valence-corrected chi connectivity index (χ3v) is 4.51. The highest BCUT2D eigenvalue weighted by molar-refractivity contribution is 5.54. The van der Waals surface area contributed by atoms with Gasteiger partial charge in [0.2, 0.25) is 0 Å². The summed E-state index contributed by atoms with van der Waals surface area (Å²) < 4.78 is 0. The van der Waals surface area contributed by atoms with E-state index >= 15 is 0 Å². The van der Waals surface area contributed by atoms with Crippen molar-refractivity contribution < 1.29 is 10.2 Å². The molecule has 126 valence electrons. The van der Waals surface area contributed by atoms with Crippen LogP contribution in [0.15, 0.2) is 54.7 Å². The molecular weight excluding hydrogens is 314 g/mol. The Balaban J connectivity index is 1.52. The lowest BCUT2D eigenvalue weighted by atomic mass is 10.1. The van der Waals surface area contributed by atoms with Crippen LogP contribution in [0.5, 0.6) is 11.5 Å². The lowest BCUT2D eigenvalue weighted by Gasteiger charge is -2.28. The topological polar surface area (TPSA) is 69.5 Å². The zero-order valence-corrected chi connectivity index (χ0v) is 13.8. The van der Waals surface area contributed by atoms with Crippen molar-refractivity contribution in [1.29, 1.82) is 0 Å². The highest BCUT2D eigenvalue weighted by Gasteiger charge is 2.19. The number of fused-ring (bicyclic) bond motifs is 1. The predicted octanol–water partition coefficient (Wildman–Crippen LogP) is 3.11. The fraction of sp³-hybridized carbons (Fsp3) is 0.200. The summed E-state index contributed by atoms with van der Waals surface area (Å²) in [5.41, 5.74) is 4.06. The van der Waals surface area contributed by atoms with Crippen LogP contribution in [0, 0.1) is 0 Å². The third-order valence-electron chi connectivity index (χ3n) is 4.51. The van der Waals surface area contributed by atoms with Crippen molar-refractivity contribution in [3.8, 4) is 22.9 Å². The summed E-state index contributed by atoms with van der Waals surface area (Å²) in [4.78, 5) is 11.5. The van der Waals surface area contributed by atoms with E-state index in [1.807, 2.05) is 36.5 Å². The predicted molar refractivity (Wildman–Crippen MR) is 95.1 cm³/mol. The molecule has 3 aromatic rings. The van der Waals surface area contributed by atoms with Gasteiger partial charge in [0, 0.05) is 55.0 Å². The molecule has 2 heterocycles. The highest BCUT2D eigenvalue weighted by atomic mass is 16.3. The van der Waals surface area contributed by atoms with E-state index in [1.54, 1.807) is 12.1 Å². The molecule has 1 aromatic heterocycles.